The van der Waals surface area contributed by atoms with Crippen LogP contribution in [0.3, 0.4) is 0 Å². The molecule has 0 radical (unpaired) electrons. The van der Waals surface area contributed by atoms with Crippen molar-refractivity contribution in [3.8, 4) is 0 Å². The van der Waals surface area contributed by atoms with Gasteiger partial charge < -0.3 is 9.84 Å². The first-order chi connectivity index (χ1) is 14.8. The predicted octanol–water partition coefficient (Wildman–Crippen LogP) is 5.20. The van der Waals surface area contributed by atoms with Gasteiger partial charge in [-0.25, -0.2) is 0 Å². The second kappa shape index (κ2) is 10.5. The van der Waals surface area contributed by atoms with Crippen LogP contribution < -0.4 is 0 Å². The number of rotatable bonds is 8. The van der Waals surface area contributed by atoms with Gasteiger partial charge in [0.25, 0.3) is 0 Å². The van der Waals surface area contributed by atoms with Gasteiger partial charge in [0.15, 0.2) is 0 Å². The van der Waals surface area contributed by atoms with E-state index in [2.05, 4.69) is 77.7 Å². The summed E-state index contributed by atoms with van der Waals surface area (Å²) in [5, 5.41) is 9.19. The lowest BCUT2D eigenvalue weighted by Crippen LogP contribution is -2.34. The molecule has 1 heterocycles. The fourth-order valence-electron chi connectivity index (χ4n) is 4.19. The molecule has 1 saturated heterocycles. The lowest BCUT2D eigenvalue weighted by molar-refractivity contribution is 0.0300. The maximum absolute atomic E-state index is 9.19. The fraction of sp³-hybridized carbons (Fsp3) is 0.333. The van der Waals surface area contributed by atoms with Crippen molar-refractivity contribution in [1.29, 1.82) is 0 Å². The molecule has 0 saturated carbocycles. The second-order valence-electron chi connectivity index (χ2n) is 8.23. The Hall–Kier alpha value is -2.46. The molecule has 0 spiro atoms. The number of nitrogens with zero attached hydrogens (tertiary/aromatic N) is 1. The first-order valence-electron chi connectivity index (χ1n) is 10.9. The summed E-state index contributed by atoms with van der Waals surface area (Å²) in [6.45, 7) is 4.11. The van der Waals surface area contributed by atoms with E-state index in [1.165, 1.54) is 29.5 Å². The zero-order chi connectivity index (χ0) is 20.6. The standard InChI is InChI=1S/C27H31NO2/c29-20-23-13-11-22(12-14-23)19-28-17-15-24(16-18-28)21-30-27(25-7-3-1-4-8-25)26-9-5-2-6-10-26/h1-14,24,27,29H,15-21H2. The van der Waals surface area contributed by atoms with Crippen molar-refractivity contribution >= 4 is 0 Å². The van der Waals surface area contributed by atoms with Crippen molar-refractivity contribution in [2.24, 2.45) is 5.92 Å². The van der Waals surface area contributed by atoms with Crippen molar-refractivity contribution in [3.63, 3.8) is 0 Å². The Morgan fingerprint density at radius 2 is 1.30 bits per heavy atom. The summed E-state index contributed by atoms with van der Waals surface area (Å²) in [7, 11) is 0. The van der Waals surface area contributed by atoms with Gasteiger partial charge >= 0.3 is 0 Å². The molecule has 3 aromatic rings. The van der Waals surface area contributed by atoms with E-state index in [0.29, 0.717) is 5.92 Å². The number of hydrogen-bond acceptors (Lipinski definition) is 3. The topological polar surface area (TPSA) is 32.7 Å². The lowest BCUT2D eigenvalue weighted by atomic mass is 9.96. The monoisotopic (exact) mass is 401 g/mol. The quantitative estimate of drug-likeness (QED) is 0.563. The summed E-state index contributed by atoms with van der Waals surface area (Å²) in [5.74, 6) is 0.605. The Labute approximate surface area is 179 Å². The first-order valence-corrected chi connectivity index (χ1v) is 10.9. The number of likely N-dealkylation sites (tertiary alicyclic amines) is 1. The van der Waals surface area contributed by atoms with Crippen LogP contribution >= 0.6 is 0 Å². The van der Waals surface area contributed by atoms with Gasteiger partial charge in [-0.1, -0.05) is 84.9 Å². The molecule has 30 heavy (non-hydrogen) atoms. The van der Waals surface area contributed by atoms with Crippen LogP contribution in [0.4, 0.5) is 0 Å². The van der Waals surface area contributed by atoms with Gasteiger partial charge in [0.1, 0.15) is 6.10 Å². The van der Waals surface area contributed by atoms with Gasteiger partial charge in [0.05, 0.1) is 13.2 Å². The Bertz CT molecular complexity index is 832. The minimum Gasteiger partial charge on any atom is -0.392 e. The number of aliphatic hydroxyl groups excluding tert-OH is 1. The van der Waals surface area contributed by atoms with Crippen molar-refractivity contribution in [3.05, 3.63) is 107 Å². The molecule has 0 aliphatic carbocycles. The van der Waals surface area contributed by atoms with Crippen LogP contribution in [0.25, 0.3) is 0 Å². The summed E-state index contributed by atoms with van der Waals surface area (Å²) in [4.78, 5) is 2.52. The summed E-state index contributed by atoms with van der Waals surface area (Å²) >= 11 is 0. The summed E-state index contributed by atoms with van der Waals surface area (Å²) in [6.07, 6.45) is 2.34. The van der Waals surface area contributed by atoms with Crippen LogP contribution in [-0.4, -0.2) is 29.7 Å². The molecule has 0 aromatic heterocycles. The third kappa shape index (κ3) is 5.57. The maximum Gasteiger partial charge on any atom is 0.108 e. The molecule has 0 bridgehead atoms. The second-order valence-corrected chi connectivity index (χ2v) is 8.23. The molecule has 3 heteroatoms. The van der Waals surface area contributed by atoms with E-state index in [1.807, 2.05) is 12.1 Å². The molecule has 1 fully saturated rings. The molecule has 1 aliphatic rings. The molecular weight excluding hydrogens is 370 g/mol. The highest BCUT2D eigenvalue weighted by molar-refractivity contribution is 5.30. The fourth-order valence-corrected chi connectivity index (χ4v) is 4.19. The van der Waals surface area contributed by atoms with Gasteiger partial charge in [-0.15, -0.1) is 0 Å². The van der Waals surface area contributed by atoms with Gasteiger partial charge in [0, 0.05) is 6.54 Å². The minimum absolute atomic E-state index is 0.00420. The average molecular weight is 402 g/mol. The molecule has 0 amide bonds. The highest BCUT2D eigenvalue weighted by Crippen LogP contribution is 2.28. The molecule has 0 unspecified atom stereocenters. The largest absolute Gasteiger partial charge is 0.392 e. The SMILES string of the molecule is OCc1ccc(CN2CCC(COC(c3ccccc3)c3ccccc3)CC2)cc1. The van der Waals surface area contributed by atoms with E-state index in [0.717, 1.165) is 31.8 Å². The van der Waals surface area contributed by atoms with E-state index in [-0.39, 0.29) is 12.7 Å². The Morgan fingerprint density at radius 3 is 1.83 bits per heavy atom. The van der Waals surface area contributed by atoms with E-state index < -0.39 is 0 Å². The maximum atomic E-state index is 9.19. The lowest BCUT2D eigenvalue weighted by Gasteiger charge is -2.32. The van der Waals surface area contributed by atoms with Crippen molar-refractivity contribution in [2.45, 2.75) is 32.1 Å². The van der Waals surface area contributed by atoms with Crippen molar-refractivity contribution in [1.82, 2.24) is 4.90 Å². The minimum atomic E-state index is -0.00420. The van der Waals surface area contributed by atoms with Gasteiger partial charge in [-0.05, 0) is 54.1 Å². The Morgan fingerprint density at radius 1 is 0.767 bits per heavy atom. The third-order valence-corrected chi connectivity index (χ3v) is 6.02. The van der Waals surface area contributed by atoms with E-state index in [9.17, 15) is 5.11 Å². The van der Waals surface area contributed by atoms with E-state index in [4.69, 9.17) is 4.74 Å². The Balaban J connectivity index is 1.30. The van der Waals surface area contributed by atoms with Gasteiger partial charge in [-0.3, -0.25) is 4.90 Å². The highest BCUT2D eigenvalue weighted by Gasteiger charge is 2.22. The van der Waals surface area contributed by atoms with Gasteiger partial charge in [0.2, 0.25) is 0 Å². The molecule has 1 N–H and O–H groups in total. The van der Waals surface area contributed by atoms with Crippen LogP contribution in [0.5, 0.6) is 0 Å². The number of hydrogen-bond donors (Lipinski definition) is 1. The number of aliphatic hydroxyl groups is 1. The van der Waals surface area contributed by atoms with Crippen molar-refractivity contribution in [2.75, 3.05) is 19.7 Å². The number of piperidine rings is 1. The number of ether oxygens (including phenoxy) is 1. The first kappa shape index (κ1) is 20.8. The molecule has 156 valence electrons. The highest BCUT2D eigenvalue weighted by atomic mass is 16.5. The van der Waals surface area contributed by atoms with Crippen molar-refractivity contribution < 1.29 is 9.84 Å². The zero-order valence-corrected chi connectivity index (χ0v) is 17.5. The molecule has 3 nitrogen and oxygen atoms in total. The zero-order valence-electron chi connectivity index (χ0n) is 17.5. The summed E-state index contributed by atoms with van der Waals surface area (Å²) < 4.78 is 6.49. The van der Waals surface area contributed by atoms with Crippen LogP contribution in [0.1, 0.15) is 41.2 Å². The van der Waals surface area contributed by atoms with Crippen LogP contribution in [0, 0.1) is 5.92 Å². The molecule has 0 atom stereocenters. The predicted molar refractivity (Wildman–Crippen MR) is 121 cm³/mol. The molecule has 3 aromatic carbocycles. The molecule has 1 aliphatic heterocycles. The van der Waals surface area contributed by atoms with E-state index >= 15 is 0 Å². The number of benzene rings is 3. The van der Waals surface area contributed by atoms with Crippen LogP contribution in [0.15, 0.2) is 84.9 Å². The normalized spacial score (nSPS) is 15.5. The summed E-state index contributed by atoms with van der Waals surface area (Å²) in [5.41, 5.74) is 4.72. The third-order valence-electron chi connectivity index (χ3n) is 6.02. The summed E-state index contributed by atoms with van der Waals surface area (Å²) in [6, 6.07) is 29.4. The average Bonchev–Trinajstić information content (AvgIpc) is 2.82. The molecule has 4 rings (SSSR count). The van der Waals surface area contributed by atoms with Crippen LogP contribution in [0.2, 0.25) is 0 Å². The van der Waals surface area contributed by atoms with E-state index in [1.54, 1.807) is 0 Å². The Kier molecular flexibility index (Phi) is 7.30. The van der Waals surface area contributed by atoms with Gasteiger partial charge in [-0.2, -0.15) is 0 Å². The van der Waals surface area contributed by atoms with Crippen LogP contribution in [-0.2, 0) is 17.9 Å². The smallest absolute Gasteiger partial charge is 0.108 e. The molecular formula is C27H31NO2.